The van der Waals surface area contributed by atoms with Crippen molar-refractivity contribution in [2.75, 3.05) is 0 Å². The summed E-state index contributed by atoms with van der Waals surface area (Å²) in [6, 6.07) is 6.67. The molecule has 0 unspecified atom stereocenters. The second kappa shape index (κ2) is 7.18. The van der Waals surface area contributed by atoms with Gasteiger partial charge in [0.15, 0.2) is 0 Å². The van der Waals surface area contributed by atoms with E-state index in [0.29, 0.717) is 16.0 Å². The predicted molar refractivity (Wildman–Crippen MR) is 91.1 cm³/mol. The molecule has 5 heteroatoms. The van der Waals surface area contributed by atoms with E-state index in [4.69, 9.17) is 16.0 Å². The highest BCUT2D eigenvalue weighted by Crippen LogP contribution is 2.20. The molecular weight excluding hydrogens is 314 g/mol. The van der Waals surface area contributed by atoms with Crippen LogP contribution in [0.5, 0.6) is 0 Å². The average molecular weight is 334 g/mol. The average Bonchev–Trinajstić information content (AvgIpc) is 2.49. The van der Waals surface area contributed by atoms with E-state index in [1.165, 1.54) is 19.3 Å². The van der Waals surface area contributed by atoms with Crippen LogP contribution < -0.4 is 10.9 Å². The molecule has 1 heterocycles. The molecule has 122 valence electrons. The number of amides is 1. The highest BCUT2D eigenvalue weighted by atomic mass is 35.5. The standard InChI is InChI=1S/C18H20ClNO3/c19-13-8-9-16-12(10-13)11-15(18(22)23-16)17(21)20-14-6-4-2-1-3-5-7-14/h8-11,14H,1-7H2,(H,20,21). The molecule has 0 radical (unpaired) electrons. The Morgan fingerprint density at radius 3 is 2.52 bits per heavy atom. The normalized spacial score (nSPS) is 16.7. The van der Waals surface area contributed by atoms with Crippen molar-refractivity contribution in [1.29, 1.82) is 0 Å². The van der Waals surface area contributed by atoms with Crippen LogP contribution in [-0.4, -0.2) is 11.9 Å². The molecule has 1 aliphatic rings. The minimum Gasteiger partial charge on any atom is -0.422 e. The predicted octanol–water partition coefficient (Wildman–Crippen LogP) is 4.29. The number of carbonyl (C=O) groups excluding carboxylic acids is 1. The zero-order valence-corrected chi connectivity index (χ0v) is 13.7. The highest BCUT2D eigenvalue weighted by Gasteiger charge is 2.18. The molecule has 4 nitrogen and oxygen atoms in total. The first-order valence-electron chi connectivity index (χ1n) is 8.18. The first-order chi connectivity index (χ1) is 11.1. The lowest BCUT2D eigenvalue weighted by Crippen LogP contribution is -2.37. The van der Waals surface area contributed by atoms with Gasteiger partial charge in [0, 0.05) is 16.5 Å². The molecule has 1 fully saturated rings. The summed E-state index contributed by atoms with van der Waals surface area (Å²) in [5.74, 6) is -0.355. The van der Waals surface area contributed by atoms with Crippen LogP contribution in [0.3, 0.4) is 0 Å². The van der Waals surface area contributed by atoms with Gasteiger partial charge in [0.1, 0.15) is 11.1 Å². The lowest BCUT2D eigenvalue weighted by atomic mass is 9.96. The van der Waals surface area contributed by atoms with Crippen LogP contribution >= 0.6 is 11.6 Å². The molecule has 0 saturated heterocycles. The summed E-state index contributed by atoms with van der Waals surface area (Å²) >= 11 is 5.96. The fraction of sp³-hybridized carbons (Fsp3) is 0.444. The third kappa shape index (κ3) is 3.94. The lowest BCUT2D eigenvalue weighted by molar-refractivity contribution is 0.0927. The Labute approximate surface area is 139 Å². The summed E-state index contributed by atoms with van der Waals surface area (Å²) in [6.45, 7) is 0. The molecule has 1 amide bonds. The zero-order chi connectivity index (χ0) is 16.2. The summed E-state index contributed by atoms with van der Waals surface area (Å²) in [4.78, 5) is 24.5. The Kier molecular flexibility index (Phi) is 5.01. The van der Waals surface area contributed by atoms with Crippen molar-refractivity contribution in [2.24, 2.45) is 0 Å². The minimum atomic E-state index is -0.608. The van der Waals surface area contributed by atoms with E-state index in [2.05, 4.69) is 5.32 Å². The molecule has 1 saturated carbocycles. The van der Waals surface area contributed by atoms with Gasteiger partial charge in [0.05, 0.1) is 0 Å². The second-order valence-corrected chi connectivity index (χ2v) is 6.58. The lowest BCUT2D eigenvalue weighted by Gasteiger charge is -2.20. The van der Waals surface area contributed by atoms with Crippen molar-refractivity contribution in [1.82, 2.24) is 5.32 Å². The number of nitrogens with one attached hydrogen (secondary N) is 1. The Morgan fingerprint density at radius 1 is 1.09 bits per heavy atom. The van der Waals surface area contributed by atoms with E-state index >= 15 is 0 Å². The Hall–Kier alpha value is -1.81. The van der Waals surface area contributed by atoms with Gasteiger partial charge in [-0.1, -0.05) is 43.7 Å². The molecule has 0 bridgehead atoms. The first-order valence-corrected chi connectivity index (χ1v) is 8.55. The third-order valence-corrected chi connectivity index (χ3v) is 4.61. The van der Waals surface area contributed by atoms with Gasteiger partial charge in [0.25, 0.3) is 5.91 Å². The molecule has 0 aliphatic heterocycles. The van der Waals surface area contributed by atoms with Crippen molar-refractivity contribution < 1.29 is 9.21 Å². The smallest absolute Gasteiger partial charge is 0.349 e. The number of carbonyl (C=O) groups is 1. The fourth-order valence-electron chi connectivity index (χ4n) is 3.12. The number of hydrogen-bond acceptors (Lipinski definition) is 3. The number of hydrogen-bond donors (Lipinski definition) is 1. The van der Waals surface area contributed by atoms with Crippen molar-refractivity contribution >= 4 is 28.5 Å². The van der Waals surface area contributed by atoms with Gasteiger partial charge in [0.2, 0.25) is 0 Å². The van der Waals surface area contributed by atoms with E-state index < -0.39 is 5.63 Å². The van der Waals surface area contributed by atoms with Gasteiger partial charge in [-0.2, -0.15) is 0 Å². The van der Waals surface area contributed by atoms with E-state index in [1.807, 2.05) is 0 Å². The molecule has 1 N–H and O–H groups in total. The van der Waals surface area contributed by atoms with Gasteiger partial charge in [-0.05, 0) is 37.1 Å². The van der Waals surface area contributed by atoms with Crippen LogP contribution in [-0.2, 0) is 0 Å². The Balaban J connectivity index is 1.82. The number of halogens is 1. The van der Waals surface area contributed by atoms with Crippen LogP contribution in [0.15, 0.2) is 33.5 Å². The Bertz CT molecular complexity index is 760. The van der Waals surface area contributed by atoms with Crippen LogP contribution in [0.2, 0.25) is 5.02 Å². The zero-order valence-electron chi connectivity index (χ0n) is 12.9. The van der Waals surface area contributed by atoms with Crippen LogP contribution in [0.1, 0.15) is 55.3 Å². The molecule has 23 heavy (non-hydrogen) atoms. The molecule has 1 aromatic carbocycles. The summed E-state index contributed by atoms with van der Waals surface area (Å²) in [5.41, 5.74) is -0.133. The van der Waals surface area contributed by atoms with Gasteiger partial charge >= 0.3 is 5.63 Å². The monoisotopic (exact) mass is 333 g/mol. The summed E-state index contributed by atoms with van der Waals surface area (Å²) < 4.78 is 5.23. The third-order valence-electron chi connectivity index (χ3n) is 4.38. The molecule has 0 spiro atoms. The van der Waals surface area contributed by atoms with Gasteiger partial charge in [-0.15, -0.1) is 0 Å². The second-order valence-electron chi connectivity index (χ2n) is 6.15. The maximum atomic E-state index is 12.5. The van der Waals surface area contributed by atoms with Crippen LogP contribution in [0.25, 0.3) is 11.0 Å². The molecule has 1 aliphatic carbocycles. The van der Waals surface area contributed by atoms with Crippen LogP contribution in [0.4, 0.5) is 0 Å². The van der Waals surface area contributed by atoms with E-state index in [9.17, 15) is 9.59 Å². The maximum Gasteiger partial charge on any atom is 0.349 e. The number of rotatable bonds is 2. The Morgan fingerprint density at radius 2 is 1.78 bits per heavy atom. The highest BCUT2D eigenvalue weighted by molar-refractivity contribution is 6.31. The van der Waals surface area contributed by atoms with Gasteiger partial charge in [-0.3, -0.25) is 4.79 Å². The summed E-state index contributed by atoms with van der Waals surface area (Å²) in [5, 5.41) is 4.18. The van der Waals surface area contributed by atoms with Crippen molar-refractivity contribution in [3.05, 3.63) is 45.3 Å². The fourth-order valence-corrected chi connectivity index (χ4v) is 3.30. The van der Waals surface area contributed by atoms with E-state index in [0.717, 1.165) is 25.7 Å². The molecule has 3 rings (SSSR count). The summed E-state index contributed by atoms with van der Waals surface area (Å²) in [6.07, 6.45) is 7.87. The largest absolute Gasteiger partial charge is 0.422 e. The van der Waals surface area contributed by atoms with E-state index in [-0.39, 0.29) is 17.5 Å². The number of fused-ring (bicyclic) bond motifs is 1. The maximum absolute atomic E-state index is 12.5. The van der Waals surface area contributed by atoms with Crippen LogP contribution in [0, 0.1) is 0 Å². The first kappa shape index (κ1) is 16.1. The van der Waals surface area contributed by atoms with Crippen molar-refractivity contribution in [3.8, 4) is 0 Å². The van der Waals surface area contributed by atoms with Crippen molar-refractivity contribution in [3.63, 3.8) is 0 Å². The molecule has 1 aromatic heterocycles. The molecule has 0 atom stereocenters. The quantitative estimate of drug-likeness (QED) is 0.834. The topological polar surface area (TPSA) is 59.3 Å². The van der Waals surface area contributed by atoms with E-state index in [1.54, 1.807) is 24.3 Å². The number of benzene rings is 1. The van der Waals surface area contributed by atoms with Crippen molar-refractivity contribution in [2.45, 2.75) is 51.0 Å². The van der Waals surface area contributed by atoms with Gasteiger partial charge in [-0.25, -0.2) is 4.79 Å². The van der Waals surface area contributed by atoms with Gasteiger partial charge < -0.3 is 9.73 Å². The summed E-state index contributed by atoms with van der Waals surface area (Å²) in [7, 11) is 0. The SMILES string of the molecule is O=C(NC1CCCCCCC1)c1cc2cc(Cl)ccc2oc1=O. The molecule has 2 aromatic rings. The molecular formula is C18H20ClNO3. The minimum absolute atomic E-state index is 0.0434.